The van der Waals surface area contributed by atoms with E-state index in [9.17, 15) is 9.59 Å². The predicted molar refractivity (Wildman–Crippen MR) is 89.0 cm³/mol. The van der Waals surface area contributed by atoms with Crippen molar-refractivity contribution < 1.29 is 25.3 Å². The number of rotatable bonds is 6. The molecule has 0 aliphatic carbocycles. The summed E-state index contributed by atoms with van der Waals surface area (Å²) in [5.74, 6) is 0.429. The molecule has 0 saturated heterocycles. The van der Waals surface area contributed by atoms with Crippen molar-refractivity contribution in [2.45, 2.75) is 26.7 Å². The fraction of sp³-hybridized carbons (Fsp3) is 0.429. The molecule has 1 aromatic carbocycles. The van der Waals surface area contributed by atoms with Gasteiger partial charge in [-0.15, -0.1) is 0 Å². The zero-order valence-corrected chi connectivity index (χ0v) is 12.6. The molecule has 5 nitrogen and oxygen atoms in total. The van der Waals surface area contributed by atoms with Crippen molar-refractivity contribution in [3.05, 3.63) is 35.4 Å². The molecule has 4 N–H and O–H groups in total. The van der Waals surface area contributed by atoms with Crippen LogP contribution in [0.5, 0.6) is 0 Å². The molecule has 0 heterocycles. The summed E-state index contributed by atoms with van der Waals surface area (Å²) in [5.41, 5.74) is -0.0372. The van der Waals surface area contributed by atoms with Crippen molar-refractivity contribution in [2.24, 2.45) is 0 Å². The number of hydrogen-bond acceptors (Lipinski definition) is 3. The van der Waals surface area contributed by atoms with Gasteiger partial charge in [0.25, 0.3) is 0 Å². The average molecular weight is 326 g/mol. The fourth-order valence-electron chi connectivity index (χ4n) is 1.18. The normalized spacial score (nSPS) is 8.48. The third kappa shape index (κ3) is 12.9. The molecule has 116 valence electrons. The van der Waals surface area contributed by atoms with Gasteiger partial charge >= 0.3 is 41.5 Å². The van der Waals surface area contributed by atoms with E-state index in [1.54, 1.807) is 0 Å². The van der Waals surface area contributed by atoms with E-state index < -0.39 is 11.9 Å². The van der Waals surface area contributed by atoms with Gasteiger partial charge in [-0.25, -0.2) is 9.59 Å². The van der Waals surface area contributed by atoms with Gasteiger partial charge in [-0.1, -0.05) is 19.9 Å². The number of carboxylic acids is 2. The van der Waals surface area contributed by atoms with Gasteiger partial charge in [-0.3, -0.25) is 0 Å². The number of carboxylic acid groups (broad SMARTS) is 2. The quantitative estimate of drug-likeness (QED) is 0.615. The first kappa shape index (κ1) is 25.4. The Hall–Kier alpha value is -0.530. The minimum absolute atomic E-state index is 0. The van der Waals surface area contributed by atoms with Crippen LogP contribution in [0.1, 0.15) is 47.4 Å². The molecule has 0 bridgehead atoms. The summed E-state index contributed by atoms with van der Waals surface area (Å²) in [4.78, 5) is 20.8. The zero-order chi connectivity index (χ0) is 14.7. The van der Waals surface area contributed by atoms with Crippen molar-refractivity contribution in [1.82, 2.24) is 0 Å². The first-order valence-corrected chi connectivity index (χ1v) is 7.32. The van der Waals surface area contributed by atoms with Crippen molar-refractivity contribution >= 4 is 53.3 Å². The van der Waals surface area contributed by atoms with Crippen LogP contribution in [0.2, 0.25) is 0 Å². The van der Waals surface area contributed by atoms with Gasteiger partial charge < -0.3 is 15.7 Å². The van der Waals surface area contributed by atoms with E-state index in [-0.39, 0.29) is 46.2 Å². The monoisotopic (exact) mass is 326 g/mol. The number of carbonyl (C=O) groups is 2. The number of hydrogen-bond donors (Lipinski definition) is 2. The first-order valence-electron chi connectivity index (χ1n) is 6.17. The SMILES string of the molecule is CCCSCCC.O.O=C(O)c1cccc(C(=O)O)c1.[NaH]. The molecule has 0 spiro atoms. The van der Waals surface area contributed by atoms with Crippen LogP contribution in [-0.4, -0.2) is 68.7 Å². The summed E-state index contributed by atoms with van der Waals surface area (Å²) in [6, 6.07) is 5.20. The average Bonchev–Trinajstić information content (AvgIpc) is 2.40. The molecular weight excluding hydrogens is 303 g/mol. The van der Waals surface area contributed by atoms with E-state index in [1.807, 2.05) is 0 Å². The number of aromatic carboxylic acids is 2. The number of thioether (sulfide) groups is 1. The first-order chi connectivity index (χ1) is 9.02. The number of benzene rings is 1. The molecule has 0 saturated carbocycles. The second kappa shape index (κ2) is 15.9. The molecule has 0 atom stereocenters. The van der Waals surface area contributed by atoms with Gasteiger partial charge in [-0.2, -0.15) is 11.8 Å². The van der Waals surface area contributed by atoms with Gasteiger partial charge in [0, 0.05) is 0 Å². The third-order valence-electron chi connectivity index (χ3n) is 2.05. The van der Waals surface area contributed by atoms with Crippen molar-refractivity contribution in [3.8, 4) is 0 Å². The van der Waals surface area contributed by atoms with Crippen LogP contribution in [-0.2, 0) is 0 Å². The van der Waals surface area contributed by atoms with E-state index in [0.717, 1.165) is 6.07 Å². The molecular formula is C14H23NaO5S. The second-order valence-electron chi connectivity index (χ2n) is 3.80. The van der Waals surface area contributed by atoms with Crippen LogP contribution < -0.4 is 0 Å². The van der Waals surface area contributed by atoms with E-state index in [0.29, 0.717) is 0 Å². The molecule has 7 heteroatoms. The summed E-state index contributed by atoms with van der Waals surface area (Å²) in [6.07, 6.45) is 2.65. The van der Waals surface area contributed by atoms with Gasteiger partial charge in [0.05, 0.1) is 11.1 Å². The Kier molecular flexibility index (Phi) is 19.2. The van der Waals surface area contributed by atoms with E-state index in [1.165, 1.54) is 42.5 Å². The van der Waals surface area contributed by atoms with E-state index in [2.05, 4.69) is 25.6 Å². The Morgan fingerprint density at radius 3 is 1.67 bits per heavy atom. The molecule has 0 fully saturated rings. The summed E-state index contributed by atoms with van der Waals surface area (Å²) in [5, 5.41) is 17.0. The molecule has 0 aromatic heterocycles. The topological polar surface area (TPSA) is 106 Å². The Morgan fingerprint density at radius 1 is 1.00 bits per heavy atom. The summed E-state index contributed by atoms with van der Waals surface area (Å²) in [6.45, 7) is 4.45. The summed E-state index contributed by atoms with van der Waals surface area (Å²) < 4.78 is 0. The van der Waals surface area contributed by atoms with Gasteiger partial charge in [-0.05, 0) is 42.5 Å². The minimum atomic E-state index is -1.13. The molecule has 0 aliphatic heterocycles. The van der Waals surface area contributed by atoms with Crippen molar-refractivity contribution in [2.75, 3.05) is 11.5 Å². The van der Waals surface area contributed by atoms with E-state index >= 15 is 0 Å². The van der Waals surface area contributed by atoms with Crippen LogP contribution in [0.25, 0.3) is 0 Å². The van der Waals surface area contributed by atoms with Crippen molar-refractivity contribution in [3.63, 3.8) is 0 Å². The molecule has 0 amide bonds. The standard InChI is InChI=1S/C8H6O4.C6H14S.Na.H2O.H/c9-7(10)5-2-1-3-6(4-5)8(11)12;1-3-5-7-6-4-2;;;/h1-4H,(H,9,10)(H,11,12);3-6H2,1-2H3;;1H2;. The zero-order valence-electron chi connectivity index (χ0n) is 11.8. The predicted octanol–water partition coefficient (Wildman–Crippen LogP) is 2.15. The molecule has 1 rings (SSSR count). The Labute approximate surface area is 151 Å². The Morgan fingerprint density at radius 2 is 1.38 bits per heavy atom. The van der Waals surface area contributed by atoms with Crippen LogP contribution in [0.4, 0.5) is 0 Å². The van der Waals surface area contributed by atoms with Gasteiger partial charge in [0.1, 0.15) is 0 Å². The fourth-order valence-corrected chi connectivity index (χ4v) is 1.96. The summed E-state index contributed by atoms with van der Waals surface area (Å²) in [7, 11) is 0. The molecule has 0 radical (unpaired) electrons. The van der Waals surface area contributed by atoms with Gasteiger partial charge in [0.2, 0.25) is 0 Å². The maximum absolute atomic E-state index is 10.4. The Bertz CT molecular complexity index is 379. The van der Waals surface area contributed by atoms with Crippen molar-refractivity contribution in [1.29, 1.82) is 0 Å². The summed E-state index contributed by atoms with van der Waals surface area (Å²) >= 11 is 2.05. The molecule has 0 aliphatic rings. The second-order valence-corrected chi connectivity index (χ2v) is 5.03. The van der Waals surface area contributed by atoms with Crippen LogP contribution >= 0.6 is 11.8 Å². The third-order valence-corrected chi connectivity index (χ3v) is 3.45. The van der Waals surface area contributed by atoms with Crippen LogP contribution in [0, 0.1) is 0 Å². The van der Waals surface area contributed by atoms with Gasteiger partial charge in [0.15, 0.2) is 0 Å². The molecule has 0 unspecified atom stereocenters. The van der Waals surface area contributed by atoms with E-state index in [4.69, 9.17) is 10.2 Å². The molecule has 1 aromatic rings. The van der Waals surface area contributed by atoms with Crippen LogP contribution in [0.15, 0.2) is 24.3 Å². The Balaban J connectivity index is -0.000000317. The molecule has 21 heavy (non-hydrogen) atoms. The maximum atomic E-state index is 10.4. The van der Waals surface area contributed by atoms with Crippen LogP contribution in [0.3, 0.4) is 0 Å².